The molecule has 0 bridgehead atoms. The van der Waals surface area contributed by atoms with Crippen molar-refractivity contribution in [2.24, 2.45) is 10.8 Å². The summed E-state index contributed by atoms with van der Waals surface area (Å²) in [6.45, 7) is 12.7. The molecule has 0 spiro atoms. The number of carbonyl (C=O) groups is 2. The molecule has 0 amide bonds. The molecule has 2 heterocycles. The van der Waals surface area contributed by atoms with Gasteiger partial charge in [0, 0.05) is 36.3 Å². The Hall–Kier alpha value is -4.96. The summed E-state index contributed by atoms with van der Waals surface area (Å²) in [5.41, 5.74) is 0.533. The normalized spacial score (nSPS) is 13.0. The van der Waals surface area contributed by atoms with E-state index in [2.05, 4.69) is 62.4 Å². The van der Waals surface area contributed by atoms with Crippen LogP contribution in [0.25, 0.3) is 0 Å². The van der Waals surface area contributed by atoms with Gasteiger partial charge in [-0.25, -0.2) is 26.9 Å². The molecule has 2 unspecified atom stereocenters. The van der Waals surface area contributed by atoms with Crippen molar-refractivity contribution in [3.05, 3.63) is 94.3 Å². The summed E-state index contributed by atoms with van der Waals surface area (Å²) in [6.07, 6.45) is -1.28. The third-order valence-electron chi connectivity index (χ3n) is 8.53. The van der Waals surface area contributed by atoms with Crippen molar-refractivity contribution in [3.8, 4) is 11.8 Å². The highest BCUT2D eigenvalue weighted by Crippen LogP contribution is 2.28. The molecule has 4 aromatic rings. The van der Waals surface area contributed by atoms with Crippen LogP contribution in [0.15, 0.2) is 48.5 Å². The smallest absolute Gasteiger partial charge is 0.308 e. The maximum atomic E-state index is 14.3. The Labute approximate surface area is 324 Å². The quantitative estimate of drug-likeness (QED) is 0.0555. The monoisotopic (exact) mass is 788 g/mol. The van der Waals surface area contributed by atoms with Crippen LogP contribution in [0, 0.1) is 34.1 Å². The van der Waals surface area contributed by atoms with E-state index in [1.54, 1.807) is 35.6 Å². The summed E-state index contributed by atoms with van der Waals surface area (Å²) in [7, 11) is 3.13. The van der Waals surface area contributed by atoms with Crippen LogP contribution in [0.4, 0.5) is 17.6 Å². The lowest BCUT2D eigenvalue weighted by Crippen LogP contribution is -2.26. The number of nitrogens with one attached hydrogen (secondary N) is 2. The number of hydrogen-bond donors (Lipinski definition) is 2. The molecule has 306 valence electrons. The van der Waals surface area contributed by atoms with Crippen molar-refractivity contribution in [2.45, 2.75) is 106 Å². The predicted molar refractivity (Wildman–Crippen MR) is 199 cm³/mol. The number of ether oxygens (including phenoxy) is 4. The number of esters is 2. The van der Waals surface area contributed by atoms with E-state index in [0.717, 1.165) is 36.4 Å². The first kappa shape index (κ1) is 43.8. The van der Waals surface area contributed by atoms with Crippen LogP contribution in [-0.2, 0) is 45.4 Å². The first-order chi connectivity index (χ1) is 26.3. The van der Waals surface area contributed by atoms with E-state index < -0.39 is 47.7 Å². The molecule has 0 saturated carbocycles. The van der Waals surface area contributed by atoms with Crippen LogP contribution < -0.4 is 20.1 Å². The number of aryl methyl sites for hydroxylation is 2. The van der Waals surface area contributed by atoms with Crippen molar-refractivity contribution in [1.29, 1.82) is 0 Å². The van der Waals surface area contributed by atoms with Crippen molar-refractivity contribution in [1.82, 2.24) is 30.2 Å². The molecule has 0 aliphatic rings. The molecule has 12 nitrogen and oxygen atoms in total. The maximum Gasteiger partial charge on any atom is 0.308 e. The fraction of sp³-hybridized carbons (Fsp3) is 0.500. The van der Waals surface area contributed by atoms with Crippen molar-refractivity contribution in [3.63, 3.8) is 0 Å². The van der Waals surface area contributed by atoms with E-state index >= 15 is 0 Å². The van der Waals surface area contributed by atoms with E-state index in [1.807, 2.05) is 0 Å². The second kappa shape index (κ2) is 19.3. The summed E-state index contributed by atoms with van der Waals surface area (Å²) < 4.78 is 82.2. The summed E-state index contributed by atoms with van der Waals surface area (Å²) in [6, 6.07) is 9.31. The maximum absolute atomic E-state index is 14.3. The molecule has 0 aliphatic carbocycles. The average molecular weight is 789 g/mol. The lowest BCUT2D eigenvalue weighted by atomic mass is 9.92. The van der Waals surface area contributed by atoms with Crippen LogP contribution >= 0.6 is 0 Å². The first-order valence-corrected chi connectivity index (χ1v) is 18.4. The van der Waals surface area contributed by atoms with E-state index in [9.17, 15) is 27.2 Å². The first-order valence-electron chi connectivity index (χ1n) is 18.4. The van der Waals surface area contributed by atoms with Gasteiger partial charge in [0.15, 0.2) is 12.5 Å². The van der Waals surface area contributed by atoms with Gasteiger partial charge >= 0.3 is 11.9 Å². The summed E-state index contributed by atoms with van der Waals surface area (Å²) >= 11 is 0. The molecule has 2 aromatic carbocycles. The molecule has 16 heteroatoms. The standard InChI is InChI=1S/C40H52F4N6O6/c1-39(2,3)15-17-49-33(53-23-25-19-27(41)9-11-29(25)43)21-31(47-49)37(45-7)55-35(51)13-14-36(52)56-38(46-8)32-22-34(50(48-32)18-16-40(4,5)6)54-24-26-20-28(42)10-12-30(26)44/h9-12,19-22,37-38,45-46H,13-18,23-24H2,1-8H3. The molecule has 0 fully saturated rings. The Balaban J connectivity index is 1.40. The van der Waals surface area contributed by atoms with Gasteiger partial charge < -0.3 is 18.9 Å². The Morgan fingerprint density at radius 3 is 1.36 bits per heavy atom. The fourth-order valence-corrected chi connectivity index (χ4v) is 5.26. The molecule has 0 saturated heterocycles. The third kappa shape index (κ3) is 13.4. The van der Waals surface area contributed by atoms with Gasteiger partial charge in [-0.1, -0.05) is 41.5 Å². The highest BCUT2D eigenvalue weighted by Gasteiger charge is 2.25. The van der Waals surface area contributed by atoms with E-state index in [-0.39, 0.29) is 59.8 Å². The van der Waals surface area contributed by atoms with Crippen LogP contribution in [-0.4, -0.2) is 45.6 Å². The molecule has 2 atom stereocenters. The van der Waals surface area contributed by atoms with Gasteiger partial charge in [0.25, 0.3) is 0 Å². The zero-order valence-corrected chi connectivity index (χ0v) is 33.2. The van der Waals surface area contributed by atoms with Gasteiger partial charge in [0.1, 0.15) is 47.9 Å². The number of aromatic nitrogens is 4. The molecule has 0 aliphatic heterocycles. The second-order valence-corrected chi connectivity index (χ2v) is 15.7. The second-order valence-electron chi connectivity index (χ2n) is 15.7. The summed E-state index contributed by atoms with van der Waals surface area (Å²) in [5.74, 6) is -3.34. The van der Waals surface area contributed by atoms with Crippen molar-refractivity contribution >= 4 is 11.9 Å². The number of nitrogens with zero attached hydrogens (tertiary/aromatic N) is 4. The van der Waals surface area contributed by atoms with Crippen LogP contribution in [0.3, 0.4) is 0 Å². The SMILES string of the molecule is CNC(OC(=O)CCC(=O)OC(NC)c1cc(OCc2cc(F)ccc2F)n(CCC(C)(C)C)n1)c1cc(OCc2cc(F)ccc2F)n(CCC(C)(C)C)n1. The minimum Gasteiger partial charge on any atom is -0.473 e. The number of hydrogen-bond acceptors (Lipinski definition) is 10. The Bertz CT molecular complexity index is 1800. The lowest BCUT2D eigenvalue weighted by molar-refractivity contribution is -0.158. The van der Waals surface area contributed by atoms with E-state index in [0.29, 0.717) is 37.3 Å². The number of carbonyl (C=O) groups excluding carboxylic acids is 2. The van der Waals surface area contributed by atoms with Crippen molar-refractivity contribution < 1.29 is 46.1 Å². The predicted octanol–water partition coefficient (Wildman–Crippen LogP) is 7.67. The van der Waals surface area contributed by atoms with Gasteiger partial charge in [-0.3, -0.25) is 20.2 Å². The third-order valence-corrected chi connectivity index (χ3v) is 8.53. The Morgan fingerprint density at radius 2 is 1.02 bits per heavy atom. The van der Waals surface area contributed by atoms with E-state index in [4.69, 9.17) is 18.9 Å². The Morgan fingerprint density at radius 1 is 0.643 bits per heavy atom. The van der Waals surface area contributed by atoms with Gasteiger partial charge in [0.2, 0.25) is 11.8 Å². The van der Waals surface area contributed by atoms with Crippen molar-refractivity contribution in [2.75, 3.05) is 14.1 Å². The zero-order valence-electron chi connectivity index (χ0n) is 33.2. The average Bonchev–Trinajstić information content (AvgIpc) is 3.74. The zero-order chi connectivity index (χ0) is 41.2. The number of rotatable bonds is 19. The highest BCUT2D eigenvalue weighted by atomic mass is 19.1. The van der Waals surface area contributed by atoms with Crippen LogP contribution in [0.2, 0.25) is 0 Å². The van der Waals surface area contributed by atoms with E-state index in [1.165, 1.54) is 0 Å². The Kier molecular flexibility index (Phi) is 15.1. The minimum absolute atomic E-state index is 0.0272. The topological polar surface area (TPSA) is 131 Å². The van der Waals surface area contributed by atoms with Gasteiger partial charge in [-0.15, -0.1) is 0 Å². The fourth-order valence-electron chi connectivity index (χ4n) is 5.26. The van der Waals surface area contributed by atoms with Gasteiger partial charge in [0.05, 0.1) is 12.8 Å². The minimum atomic E-state index is -1.02. The molecule has 2 aromatic heterocycles. The van der Waals surface area contributed by atoms with Crippen LogP contribution in [0.5, 0.6) is 11.8 Å². The number of halogens is 4. The molecular formula is C40H52F4N6O6. The number of benzene rings is 2. The molecule has 56 heavy (non-hydrogen) atoms. The summed E-state index contributed by atoms with van der Waals surface area (Å²) in [5, 5.41) is 14.9. The molecular weight excluding hydrogens is 736 g/mol. The summed E-state index contributed by atoms with van der Waals surface area (Å²) in [4.78, 5) is 25.9. The molecule has 2 N–H and O–H groups in total. The van der Waals surface area contributed by atoms with Crippen LogP contribution in [0.1, 0.15) is 102 Å². The van der Waals surface area contributed by atoms with Gasteiger partial charge in [-0.2, -0.15) is 10.2 Å². The highest BCUT2D eigenvalue weighted by molar-refractivity contribution is 5.77. The largest absolute Gasteiger partial charge is 0.473 e. The lowest BCUT2D eigenvalue weighted by Gasteiger charge is -2.19. The molecule has 0 radical (unpaired) electrons. The molecule has 4 rings (SSSR count). The van der Waals surface area contributed by atoms with Gasteiger partial charge in [-0.05, 0) is 74.2 Å².